The van der Waals surface area contributed by atoms with Crippen molar-refractivity contribution in [1.82, 2.24) is 10.2 Å². The first kappa shape index (κ1) is 14.5. The van der Waals surface area contributed by atoms with Gasteiger partial charge in [-0.15, -0.1) is 12.4 Å². The van der Waals surface area contributed by atoms with Gasteiger partial charge in [-0.25, -0.2) is 0 Å². The lowest BCUT2D eigenvalue weighted by Gasteiger charge is -2.41. The molecule has 0 spiro atoms. The number of thioether (sulfide) groups is 1. The summed E-state index contributed by atoms with van der Waals surface area (Å²) in [5.74, 6) is 3.32. The Kier molecular flexibility index (Phi) is 4.84. The first-order chi connectivity index (χ1) is 8.33. The van der Waals surface area contributed by atoms with Gasteiger partial charge in [0.1, 0.15) is 0 Å². The maximum absolute atomic E-state index is 12.8. The molecule has 18 heavy (non-hydrogen) atoms. The second-order valence-electron chi connectivity index (χ2n) is 5.63. The Morgan fingerprint density at radius 1 is 1.28 bits per heavy atom. The van der Waals surface area contributed by atoms with E-state index in [1.54, 1.807) is 0 Å². The van der Waals surface area contributed by atoms with E-state index in [2.05, 4.69) is 10.2 Å². The first-order valence-corrected chi connectivity index (χ1v) is 8.06. The van der Waals surface area contributed by atoms with Crippen LogP contribution in [-0.2, 0) is 4.79 Å². The van der Waals surface area contributed by atoms with Crippen LogP contribution in [0.1, 0.15) is 25.7 Å². The Morgan fingerprint density at radius 3 is 2.83 bits per heavy atom. The highest BCUT2D eigenvalue weighted by Gasteiger charge is 2.51. The molecule has 2 saturated heterocycles. The number of hydrogen-bond acceptors (Lipinski definition) is 3. The molecular weight excluding hydrogens is 268 g/mol. The fourth-order valence-electron chi connectivity index (χ4n) is 3.75. The van der Waals surface area contributed by atoms with Crippen molar-refractivity contribution < 1.29 is 4.79 Å². The van der Waals surface area contributed by atoms with E-state index in [9.17, 15) is 4.79 Å². The smallest absolute Gasteiger partial charge is 0.230 e. The van der Waals surface area contributed by atoms with E-state index < -0.39 is 0 Å². The molecule has 5 heteroatoms. The molecule has 0 unspecified atom stereocenters. The van der Waals surface area contributed by atoms with Crippen LogP contribution in [0.3, 0.4) is 0 Å². The molecule has 0 bridgehead atoms. The predicted molar refractivity (Wildman–Crippen MR) is 78.4 cm³/mol. The standard InChI is InChI=1S/C13H22N2OS.ClH/c16-12(15-5-7-17-8-6-15)13-4-2-1-3-11(13)9-14-10-13;/h11,14H,1-10H2;1H/t11-,13+;/m0./s1. The molecule has 0 aromatic heterocycles. The normalized spacial score (nSPS) is 35.8. The van der Waals surface area contributed by atoms with Crippen molar-refractivity contribution in [2.45, 2.75) is 25.7 Å². The van der Waals surface area contributed by atoms with Crippen molar-refractivity contribution in [2.75, 3.05) is 37.7 Å². The van der Waals surface area contributed by atoms with Gasteiger partial charge in [-0.3, -0.25) is 4.79 Å². The van der Waals surface area contributed by atoms with Crippen molar-refractivity contribution in [3.8, 4) is 0 Å². The summed E-state index contributed by atoms with van der Waals surface area (Å²) in [5, 5.41) is 3.47. The zero-order chi connectivity index (χ0) is 11.7. The van der Waals surface area contributed by atoms with Crippen LogP contribution in [0.2, 0.25) is 0 Å². The molecule has 3 fully saturated rings. The summed E-state index contributed by atoms with van der Waals surface area (Å²) in [7, 11) is 0. The molecule has 1 amide bonds. The average molecular weight is 291 g/mol. The summed E-state index contributed by atoms with van der Waals surface area (Å²) < 4.78 is 0. The summed E-state index contributed by atoms with van der Waals surface area (Å²) >= 11 is 1.98. The Hall–Kier alpha value is 0.0700. The molecule has 0 aromatic carbocycles. The number of nitrogens with zero attached hydrogens (tertiary/aromatic N) is 1. The van der Waals surface area contributed by atoms with Crippen LogP contribution >= 0.6 is 24.2 Å². The van der Waals surface area contributed by atoms with E-state index in [-0.39, 0.29) is 17.8 Å². The van der Waals surface area contributed by atoms with Gasteiger partial charge in [0.25, 0.3) is 0 Å². The third-order valence-electron chi connectivity index (χ3n) is 4.76. The van der Waals surface area contributed by atoms with Crippen LogP contribution in [0, 0.1) is 11.3 Å². The summed E-state index contributed by atoms with van der Waals surface area (Å²) in [6, 6.07) is 0. The van der Waals surface area contributed by atoms with E-state index >= 15 is 0 Å². The zero-order valence-corrected chi connectivity index (χ0v) is 12.5. The summed E-state index contributed by atoms with van der Waals surface area (Å²) in [6.45, 7) is 3.93. The van der Waals surface area contributed by atoms with Crippen molar-refractivity contribution in [2.24, 2.45) is 11.3 Å². The van der Waals surface area contributed by atoms with Crippen LogP contribution < -0.4 is 5.32 Å². The highest BCUT2D eigenvalue weighted by Crippen LogP contribution is 2.45. The lowest BCUT2D eigenvalue weighted by atomic mass is 9.67. The Balaban J connectivity index is 0.00000120. The van der Waals surface area contributed by atoms with E-state index in [0.29, 0.717) is 11.8 Å². The average Bonchev–Trinajstić information content (AvgIpc) is 2.84. The molecule has 0 radical (unpaired) electrons. The Labute approximate surface area is 120 Å². The lowest BCUT2D eigenvalue weighted by Crippen LogP contribution is -2.51. The van der Waals surface area contributed by atoms with E-state index in [1.807, 2.05) is 11.8 Å². The van der Waals surface area contributed by atoms with Gasteiger partial charge < -0.3 is 10.2 Å². The maximum atomic E-state index is 12.8. The van der Waals surface area contributed by atoms with Crippen molar-refractivity contribution >= 4 is 30.1 Å². The van der Waals surface area contributed by atoms with Gasteiger partial charge in [-0.2, -0.15) is 11.8 Å². The second kappa shape index (κ2) is 6.02. The molecular formula is C13H23ClN2OS. The fraction of sp³-hybridized carbons (Fsp3) is 0.923. The molecule has 2 atom stereocenters. The second-order valence-corrected chi connectivity index (χ2v) is 6.86. The minimum absolute atomic E-state index is 0. The highest BCUT2D eigenvalue weighted by molar-refractivity contribution is 7.99. The number of hydrogen-bond donors (Lipinski definition) is 1. The lowest BCUT2D eigenvalue weighted by molar-refractivity contribution is -0.145. The molecule has 1 N–H and O–H groups in total. The highest BCUT2D eigenvalue weighted by atomic mass is 35.5. The number of rotatable bonds is 1. The monoisotopic (exact) mass is 290 g/mol. The van der Waals surface area contributed by atoms with Crippen molar-refractivity contribution in [3.05, 3.63) is 0 Å². The Bertz CT molecular complexity index is 309. The number of carbonyl (C=O) groups excluding carboxylic acids is 1. The number of amides is 1. The van der Waals surface area contributed by atoms with E-state index in [4.69, 9.17) is 0 Å². The molecule has 0 aromatic rings. The zero-order valence-electron chi connectivity index (χ0n) is 10.8. The SMILES string of the molecule is Cl.O=C(N1CCSCC1)[C@@]12CCCC[C@H]1CNC2. The molecule has 2 heterocycles. The molecule has 1 aliphatic carbocycles. The van der Waals surface area contributed by atoms with Gasteiger partial charge >= 0.3 is 0 Å². The minimum atomic E-state index is -0.0275. The van der Waals surface area contributed by atoms with E-state index in [1.165, 1.54) is 19.3 Å². The first-order valence-electron chi connectivity index (χ1n) is 6.91. The molecule has 3 aliphatic rings. The summed E-state index contributed by atoms with van der Waals surface area (Å²) in [5.41, 5.74) is -0.0275. The minimum Gasteiger partial charge on any atom is -0.341 e. The quantitative estimate of drug-likeness (QED) is 0.799. The number of fused-ring (bicyclic) bond motifs is 1. The topological polar surface area (TPSA) is 32.3 Å². The van der Waals surface area contributed by atoms with E-state index in [0.717, 1.165) is 44.1 Å². The van der Waals surface area contributed by atoms with Gasteiger partial charge in [0.15, 0.2) is 0 Å². The molecule has 2 aliphatic heterocycles. The van der Waals surface area contributed by atoms with Gasteiger partial charge in [0, 0.05) is 31.1 Å². The predicted octanol–water partition coefficient (Wildman–Crippen LogP) is 1.76. The van der Waals surface area contributed by atoms with Crippen LogP contribution in [-0.4, -0.2) is 48.5 Å². The van der Waals surface area contributed by atoms with Gasteiger partial charge in [0.2, 0.25) is 5.91 Å². The van der Waals surface area contributed by atoms with Crippen LogP contribution in [0.5, 0.6) is 0 Å². The van der Waals surface area contributed by atoms with Gasteiger partial charge in [0.05, 0.1) is 5.41 Å². The van der Waals surface area contributed by atoms with Crippen molar-refractivity contribution in [3.63, 3.8) is 0 Å². The van der Waals surface area contributed by atoms with Crippen LogP contribution in [0.15, 0.2) is 0 Å². The van der Waals surface area contributed by atoms with Crippen molar-refractivity contribution in [1.29, 1.82) is 0 Å². The van der Waals surface area contributed by atoms with Crippen LogP contribution in [0.4, 0.5) is 0 Å². The maximum Gasteiger partial charge on any atom is 0.230 e. The number of nitrogens with one attached hydrogen (secondary N) is 1. The number of halogens is 1. The van der Waals surface area contributed by atoms with Crippen LogP contribution in [0.25, 0.3) is 0 Å². The summed E-state index contributed by atoms with van der Waals surface area (Å²) in [6.07, 6.45) is 4.93. The molecule has 104 valence electrons. The molecule has 3 nitrogen and oxygen atoms in total. The summed E-state index contributed by atoms with van der Waals surface area (Å²) in [4.78, 5) is 15.0. The van der Waals surface area contributed by atoms with Gasteiger partial charge in [-0.05, 0) is 25.3 Å². The largest absolute Gasteiger partial charge is 0.341 e. The fourth-order valence-corrected chi connectivity index (χ4v) is 4.65. The molecule has 1 saturated carbocycles. The third kappa shape index (κ3) is 2.39. The Morgan fingerprint density at radius 2 is 2.06 bits per heavy atom. The molecule has 3 rings (SSSR count). The third-order valence-corrected chi connectivity index (χ3v) is 5.70. The van der Waals surface area contributed by atoms with Gasteiger partial charge in [-0.1, -0.05) is 12.8 Å². The number of carbonyl (C=O) groups is 1.